The zero-order valence-corrected chi connectivity index (χ0v) is 15.3. The number of hydrogen-bond acceptors (Lipinski definition) is 4. The van der Waals surface area contributed by atoms with E-state index >= 15 is 0 Å². The highest BCUT2D eigenvalue weighted by atomic mass is 32.2. The zero-order chi connectivity index (χ0) is 17.0. The molecule has 0 aliphatic heterocycles. The van der Waals surface area contributed by atoms with Crippen molar-refractivity contribution in [3.8, 4) is 0 Å². The third kappa shape index (κ3) is 6.90. The Morgan fingerprint density at radius 3 is 2.14 bits per heavy atom. The summed E-state index contributed by atoms with van der Waals surface area (Å²) in [7, 11) is -3.70. The van der Waals surface area contributed by atoms with Gasteiger partial charge in [-0.1, -0.05) is 31.5 Å². The monoisotopic (exact) mass is 327 g/mol. The van der Waals surface area contributed by atoms with Crippen LogP contribution in [-0.2, 0) is 14.3 Å². The predicted octanol–water partition coefficient (Wildman–Crippen LogP) is 3.50. The van der Waals surface area contributed by atoms with Gasteiger partial charge in [-0.15, -0.1) is 0 Å². The second-order valence-electron chi connectivity index (χ2n) is 7.27. The van der Waals surface area contributed by atoms with Crippen LogP contribution in [0.15, 0.2) is 29.2 Å². The topological polar surface area (TPSA) is 55.4 Å². The van der Waals surface area contributed by atoms with E-state index in [9.17, 15) is 8.42 Å². The molecule has 1 aromatic rings. The number of aryl methyl sites for hydroxylation is 1. The average Bonchev–Trinajstić information content (AvgIpc) is 2.34. The van der Waals surface area contributed by atoms with E-state index in [4.69, 9.17) is 4.18 Å². The molecule has 0 saturated carbocycles. The van der Waals surface area contributed by atoms with E-state index in [1.165, 1.54) is 0 Å². The van der Waals surface area contributed by atoms with Crippen molar-refractivity contribution in [2.75, 3.05) is 6.61 Å². The summed E-state index contributed by atoms with van der Waals surface area (Å²) in [5.74, 6) is 0.463. The van der Waals surface area contributed by atoms with E-state index in [-0.39, 0.29) is 23.1 Å². The number of hydrogen-bond donors (Lipinski definition) is 1. The highest BCUT2D eigenvalue weighted by molar-refractivity contribution is 7.86. The van der Waals surface area contributed by atoms with Gasteiger partial charge in [0, 0.05) is 11.6 Å². The van der Waals surface area contributed by atoms with Gasteiger partial charge in [0.1, 0.15) is 0 Å². The van der Waals surface area contributed by atoms with Gasteiger partial charge in [-0.2, -0.15) is 8.42 Å². The molecule has 1 rings (SSSR count). The summed E-state index contributed by atoms with van der Waals surface area (Å²) < 4.78 is 29.8. The van der Waals surface area contributed by atoms with Crippen molar-refractivity contribution < 1.29 is 12.6 Å². The Bertz CT molecular complexity index is 557. The van der Waals surface area contributed by atoms with Crippen molar-refractivity contribution >= 4 is 10.1 Å². The molecular formula is C17H29NO3S. The lowest BCUT2D eigenvalue weighted by atomic mass is 10.0. The van der Waals surface area contributed by atoms with Crippen LogP contribution in [0.3, 0.4) is 0 Å². The molecule has 0 radical (unpaired) electrons. The summed E-state index contributed by atoms with van der Waals surface area (Å²) in [4.78, 5) is 0.206. The molecule has 0 saturated heterocycles. The Kier molecular flexibility index (Phi) is 6.59. The third-order valence-corrected chi connectivity index (χ3v) is 4.42. The summed E-state index contributed by atoms with van der Waals surface area (Å²) in [5.41, 5.74) is 0.933. The number of rotatable bonds is 7. The fraction of sp³-hybridized carbons (Fsp3) is 0.647. The molecule has 0 bridgehead atoms. The lowest BCUT2D eigenvalue weighted by molar-refractivity contribution is 0.218. The van der Waals surface area contributed by atoms with Crippen LogP contribution < -0.4 is 5.32 Å². The Morgan fingerprint density at radius 1 is 1.14 bits per heavy atom. The van der Waals surface area contributed by atoms with Crippen LogP contribution >= 0.6 is 0 Å². The van der Waals surface area contributed by atoms with Crippen molar-refractivity contribution in [2.24, 2.45) is 5.92 Å². The quantitative estimate of drug-likeness (QED) is 0.779. The lowest BCUT2D eigenvalue weighted by Gasteiger charge is -2.29. The Morgan fingerprint density at radius 2 is 1.68 bits per heavy atom. The molecular weight excluding hydrogens is 298 g/mol. The predicted molar refractivity (Wildman–Crippen MR) is 90.4 cm³/mol. The molecule has 1 N–H and O–H groups in total. The molecule has 0 heterocycles. The largest absolute Gasteiger partial charge is 0.307 e. The molecule has 0 aliphatic rings. The molecule has 1 aromatic carbocycles. The van der Waals surface area contributed by atoms with Gasteiger partial charge in [0.15, 0.2) is 0 Å². The van der Waals surface area contributed by atoms with Gasteiger partial charge in [-0.05, 0) is 52.2 Å². The van der Waals surface area contributed by atoms with Crippen LogP contribution in [0.5, 0.6) is 0 Å². The first-order valence-electron chi connectivity index (χ1n) is 7.73. The lowest BCUT2D eigenvalue weighted by Crippen LogP contribution is -2.46. The minimum atomic E-state index is -3.70. The maximum atomic E-state index is 12.2. The summed E-state index contributed by atoms with van der Waals surface area (Å²) in [6.07, 6.45) is 0.862. The molecule has 0 amide bonds. The van der Waals surface area contributed by atoms with Crippen LogP contribution in [-0.4, -0.2) is 26.6 Å². The van der Waals surface area contributed by atoms with Crippen LogP contribution in [0.2, 0.25) is 0 Å². The number of nitrogens with one attached hydrogen (secondary N) is 1. The van der Waals surface area contributed by atoms with E-state index in [2.05, 4.69) is 39.9 Å². The Labute approximate surface area is 135 Å². The van der Waals surface area contributed by atoms with Crippen molar-refractivity contribution in [3.63, 3.8) is 0 Å². The van der Waals surface area contributed by atoms with Crippen LogP contribution in [0, 0.1) is 12.8 Å². The van der Waals surface area contributed by atoms with Gasteiger partial charge in [0.2, 0.25) is 0 Å². The SMILES string of the molecule is Cc1ccc(S(=O)(=O)OCC(CC(C)C)NC(C)(C)C)cc1. The Balaban J connectivity index is 2.76. The van der Waals surface area contributed by atoms with Crippen molar-refractivity contribution in [2.45, 2.75) is 64.4 Å². The second kappa shape index (κ2) is 7.57. The maximum Gasteiger partial charge on any atom is 0.297 e. The van der Waals surface area contributed by atoms with Crippen molar-refractivity contribution in [3.05, 3.63) is 29.8 Å². The highest BCUT2D eigenvalue weighted by Crippen LogP contribution is 2.16. The molecule has 4 nitrogen and oxygen atoms in total. The van der Waals surface area contributed by atoms with Gasteiger partial charge >= 0.3 is 0 Å². The molecule has 22 heavy (non-hydrogen) atoms. The zero-order valence-electron chi connectivity index (χ0n) is 14.5. The molecule has 0 spiro atoms. The van der Waals surface area contributed by atoms with Gasteiger partial charge < -0.3 is 5.32 Å². The molecule has 1 unspecified atom stereocenters. The van der Waals surface area contributed by atoms with E-state index in [1.807, 2.05) is 6.92 Å². The van der Waals surface area contributed by atoms with E-state index in [0.29, 0.717) is 5.92 Å². The summed E-state index contributed by atoms with van der Waals surface area (Å²) in [6.45, 7) is 12.5. The van der Waals surface area contributed by atoms with Gasteiger partial charge in [0.05, 0.1) is 11.5 Å². The number of benzene rings is 1. The van der Waals surface area contributed by atoms with Crippen LogP contribution in [0.1, 0.15) is 46.6 Å². The van der Waals surface area contributed by atoms with E-state index in [1.54, 1.807) is 24.3 Å². The molecule has 0 aromatic heterocycles. The summed E-state index contributed by atoms with van der Waals surface area (Å²) in [6, 6.07) is 6.71. The first kappa shape index (κ1) is 19.1. The molecule has 1 atom stereocenters. The van der Waals surface area contributed by atoms with Crippen molar-refractivity contribution in [1.82, 2.24) is 5.32 Å². The molecule has 0 aliphatic carbocycles. The first-order chi connectivity index (χ1) is 9.99. The van der Waals surface area contributed by atoms with Gasteiger partial charge in [-0.3, -0.25) is 4.18 Å². The normalized spacial score (nSPS) is 14.3. The smallest absolute Gasteiger partial charge is 0.297 e. The van der Waals surface area contributed by atoms with Crippen LogP contribution in [0.25, 0.3) is 0 Å². The van der Waals surface area contributed by atoms with Gasteiger partial charge in [-0.25, -0.2) is 0 Å². The average molecular weight is 327 g/mol. The van der Waals surface area contributed by atoms with E-state index < -0.39 is 10.1 Å². The van der Waals surface area contributed by atoms with Crippen molar-refractivity contribution in [1.29, 1.82) is 0 Å². The maximum absolute atomic E-state index is 12.2. The highest BCUT2D eigenvalue weighted by Gasteiger charge is 2.22. The minimum absolute atomic E-state index is 0.000207. The van der Waals surface area contributed by atoms with E-state index in [0.717, 1.165) is 12.0 Å². The Hall–Kier alpha value is -0.910. The molecule has 0 fully saturated rings. The second-order valence-corrected chi connectivity index (χ2v) is 8.89. The fourth-order valence-electron chi connectivity index (χ4n) is 2.29. The summed E-state index contributed by atoms with van der Waals surface area (Å²) in [5, 5.41) is 3.43. The third-order valence-electron chi connectivity index (χ3n) is 3.13. The molecule has 126 valence electrons. The minimum Gasteiger partial charge on any atom is -0.307 e. The van der Waals surface area contributed by atoms with Crippen LogP contribution in [0.4, 0.5) is 0 Å². The van der Waals surface area contributed by atoms with Gasteiger partial charge in [0.25, 0.3) is 10.1 Å². The fourth-order valence-corrected chi connectivity index (χ4v) is 3.24. The standard InChI is InChI=1S/C17H29NO3S/c1-13(2)11-15(18-17(4,5)6)12-21-22(19,20)16-9-7-14(3)8-10-16/h7-10,13,15,18H,11-12H2,1-6H3. The first-order valence-corrected chi connectivity index (χ1v) is 9.14. The molecule has 5 heteroatoms. The summed E-state index contributed by atoms with van der Waals surface area (Å²) >= 11 is 0.